The first-order valence-electron chi connectivity index (χ1n) is 5.53. The van der Waals surface area contributed by atoms with Crippen LogP contribution in [-0.2, 0) is 4.74 Å². The number of methoxy groups -OCH3 is 1. The van der Waals surface area contributed by atoms with Crippen molar-refractivity contribution in [2.45, 2.75) is 19.4 Å². The van der Waals surface area contributed by atoms with Crippen LogP contribution in [0.25, 0.3) is 0 Å². The van der Waals surface area contributed by atoms with E-state index in [2.05, 4.69) is 14.9 Å². The van der Waals surface area contributed by atoms with E-state index in [4.69, 9.17) is 22.7 Å². The van der Waals surface area contributed by atoms with Crippen LogP contribution in [0, 0.1) is 6.92 Å². The second-order valence-corrected chi connectivity index (χ2v) is 4.59. The summed E-state index contributed by atoms with van der Waals surface area (Å²) in [6.07, 6.45) is 1.25. The minimum absolute atomic E-state index is 0.257. The van der Waals surface area contributed by atoms with Crippen LogP contribution in [0.15, 0.2) is 6.07 Å². The Hall–Kier alpha value is -1.27. The number of rotatable bonds is 3. The summed E-state index contributed by atoms with van der Waals surface area (Å²) in [6, 6.07) is 1.80. The molecule has 0 radical (unpaired) electrons. The van der Waals surface area contributed by atoms with Crippen molar-refractivity contribution in [1.82, 2.24) is 9.97 Å². The van der Waals surface area contributed by atoms with Gasteiger partial charge in [0.2, 0.25) is 5.95 Å². The Labute approximate surface area is 106 Å². The first kappa shape index (κ1) is 12.2. The molecule has 2 rings (SSSR count). The van der Waals surface area contributed by atoms with Crippen LogP contribution < -0.4 is 10.6 Å². The standard InChI is InChI=1S/C11H16N4OS/c1-7-5-9(10(12)17)14-11(13-7)15-4-3-8(6-15)16-2/h5,8H,3-4,6H2,1-2H3,(H2,12,17). The van der Waals surface area contributed by atoms with Crippen molar-refractivity contribution in [3.05, 3.63) is 17.5 Å². The smallest absolute Gasteiger partial charge is 0.226 e. The normalized spacial score (nSPS) is 19.6. The molecule has 6 heteroatoms. The van der Waals surface area contributed by atoms with Crippen LogP contribution in [-0.4, -0.2) is 41.3 Å². The number of aryl methyl sites for hydroxylation is 1. The molecule has 0 aromatic carbocycles. The minimum Gasteiger partial charge on any atom is -0.388 e. The lowest BCUT2D eigenvalue weighted by Crippen LogP contribution is -2.25. The molecule has 92 valence electrons. The third-order valence-electron chi connectivity index (χ3n) is 2.86. The molecule has 17 heavy (non-hydrogen) atoms. The van der Waals surface area contributed by atoms with E-state index in [0.717, 1.165) is 25.2 Å². The highest BCUT2D eigenvalue weighted by Gasteiger charge is 2.24. The first-order chi connectivity index (χ1) is 8.10. The van der Waals surface area contributed by atoms with E-state index in [0.29, 0.717) is 16.6 Å². The molecule has 0 amide bonds. The minimum atomic E-state index is 0.257. The third-order valence-corrected chi connectivity index (χ3v) is 3.07. The van der Waals surface area contributed by atoms with Gasteiger partial charge >= 0.3 is 0 Å². The lowest BCUT2D eigenvalue weighted by molar-refractivity contribution is 0.121. The summed E-state index contributed by atoms with van der Waals surface area (Å²) in [5.74, 6) is 0.687. The van der Waals surface area contributed by atoms with Crippen LogP contribution in [0.4, 0.5) is 5.95 Å². The van der Waals surface area contributed by atoms with Gasteiger partial charge in [-0.1, -0.05) is 12.2 Å². The van der Waals surface area contributed by atoms with Crippen molar-refractivity contribution in [3.8, 4) is 0 Å². The molecule has 1 atom stereocenters. The SMILES string of the molecule is COC1CCN(c2nc(C)cc(C(N)=S)n2)C1. The monoisotopic (exact) mass is 252 g/mol. The fourth-order valence-electron chi connectivity index (χ4n) is 1.92. The molecule has 0 aliphatic carbocycles. The highest BCUT2D eigenvalue weighted by molar-refractivity contribution is 7.80. The summed E-state index contributed by atoms with van der Waals surface area (Å²) in [7, 11) is 1.73. The van der Waals surface area contributed by atoms with E-state index in [9.17, 15) is 0 Å². The van der Waals surface area contributed by atoms with Gasteiger partial charge in [-0.15, -0.1) is 0 Å². The van der Waals surface area contributed by atoms with Gasteiger partial charge in [0.25, 0.3) is 0 Å². The first-order valence-corrected chi connectivity index (χ1v) is 5.94. The summed E-state index contributed by atoms with van der Waals surface area (Å²) in [4.78, 5) is 11.2. The Morgan fingerprint density at radius 3 is 2.94 bits per heavy atom. The van der Waals surface area contributed by atoms with Gasteiger partial charge in [-0.25, -0.2) is 9.97 Å². The van der Waals surface area contributed by atoms with E-state index in [1.807, 2.05) is 6.92 Å². The number of hydrogen-bond acceptors (Lipinski definition) is 5. The average molecular weight is 252 g/mol. The quantitative estimate of drug-likeness (QED) is 0.797. The molecule has 0 bridgehead atoms. The molecule has 1 saturated heterocycles. The van der Waals surface area contributed by atoms with Gasteiger partial charge < -0.3 is 15.4 Å². The van der Waals surface area contributed by atoms with Gasteiger partial charge in [0.05, 0.1) is 6.10 Å². The third kappa shape index (κ3) is 2.70. The fourth-order valence-corrected chi connectivity index (χ4v) is 2.03. The Balaban J connectivity index is 2.24. The number of anilines is 1. The van der Waals surface area contributed by atoms with Crippen LogP contribution >= 0.6 is 12.2 Å². The highest BCUT2D eigenvalue weighted by Crippen LogP contribution is 2.18. The highest BCUT2D eigenvalue weighted by atomic mass is 32.1. The molecule has 1 aromatic rings. The van der Waals surface area contributed by atoms with E-state index >= 15 is 0 Å². The average Bonchev–Trinajstić information content (AvgIpc) is 2.76. The Morgan fingerprint density at radius 2 is 2.35 bits per heavy atom. The molecule has 1 unspecified atom stereocenters. The molecular formula is C11H16N4OS. The predicted molar refractivity (Wildman–Crippen MR) is 70.3 cm³/mol. The largest absolute Gasteiger partial charge is 0.388 e. The maximum atomic E-state index is 5.60. The van der Waals surface area contributed by atoms with Gasteiger partial charge in [-0.05, 0) is 19.4 Å². The van der Waals surface area contributed by atoms with Gasteiger partial charge in [0.15, 0.2) is 0 Å². The summed E-state index contributed by atoms with van der Waals surface area (Å²) >= 11 is 4.95. The molecule has 1 aliphatic heterocycles. The summed E-state index contributed by atoms with van der Waals surface area (Å²) in [5, 5.41) is 0. The molecule has 0 saturated carbocycles. The molecule has 1 aliphatic rings. The molecular weight excluding hydrogens is 236 g/mol. The Kier molecular flexibility index (Phi) is 3.54. The lowest BCUT2D eigenvalue weighted by Gasteiger charge is -2.17. The van der Waals surface area contributed by atoms with Gasteiger partial charge in [0, 0.05) is 25.9 Å². The van der Waals surface area contributed by atoms with Gasteiger partial charge in [-0.2, -0.15) is 0 Å². The Morgan fingerprint density at radius 1 is 1.59 bits per heavy atom. The van der Waals surface area contributed by atoms with Gasteiger partial charge in [-0.3, -0.25) is 0 Å². The summed E-state index contributed by atoms with van der Waals surface area (Å²) in [6.45, 7) is 3.63. The van der Waals surface area contributed by atoms with Gasteiger partial charge in [0.1, 0.15) is 10.7 Å². The van der Waals surface area contributed by atoms with Crippen molar-refractivity contribution in [1.29, 1.82) is 0 Å². The van der Waals surface area contributed by atoms with E-state index in [1.165, 1.54) is 0 Å². The van der Waals surface area contributed by atoms with Crippen molar-refractivity contribution in [2.24, 2.45) is 5.73 Å². The number of nitrogens with two attached hydrogens (primary N) is 1. The molecule has 5 nitrogen and oxygen atoms in total. The molecule has 1 aromatic heterocycles. The number of hydrogen-bond donors (Lipinski definition) is 1. The zero-order valence-corrected chi connectivity index (χ0v) is 10.8. The summed E-state index contributed by atoms with van der Waals surface area (Å²) in [5.41, 5.74) is 7.10. The molecule has 0 spiro atoms. The number of thiocarbonyl (C=S) groups is 1. The van der Waals surface area contributed by atoms with Crippen LogP contribution in [0.3, 0.4) is 0 Å². The lowest BCUT2D eigenvalue weighted by atomic mass is 10.3. The number of nitrogens with zero attached hydrogens (tertiary/aromatic N) is 3. The maximum Gasteiger partial charge on any atom is 0.226 e. The zero-order chi connectivity index (χ0) is 12.4. The topological polar surface area (TPSA) is 64.3 Å². The van der Waals surface area contributed by atoms with Crippen LogP contribution in [0.5, 0.6) is 0 Å². The Bertz CT molecular complexity index is 437. The van der Waals surface area contributed by atoms with E-state index in [-0.39, 0.29) is 6.10 Å². The second-order valence-electron chi connectivity index (χ2n) is 4.15. The maximum absolute atomic E-state index is 5.60. The molecule has 2 N–H and O–H groups in total. The van der Waals surface area contributed by atoms with Crippen molar-refractivity contribution in [2.75, 3.05) is 25.1 Å². The van der Waals surface area contributed by atoms with E-state index in [1.54, 1.807) is 13.2 Å². The van der Waals surface area contributed by atoms with Crippen LogP contribution in [0.1, 0.15) is 17.8 Å². The van der Waals surface area contributed by atoms with Crippen LogP contribution in [0.2, 0.25) is 0 Å². The van der Waals surface area contributed by atoms with Crippen molar-refractivity contribution >= 4 is 23.2 Å². The molecule has 1 fully saturated rings. The summed E-state index contributed by atoms with van der Waals surface area (Å²) < 4.78 is 5.32. The zero-order valence-electron chi connectivity index (χ0n) is 10.0. The van der Waals surface area contributed by atoms with E-state index < -0.39 is 0 Å². The predicted octanol–water partition coefficient (Wildman–Crippen LogP) is 0.644. The van der Waals surface area contributed by atoms with Crippen molar-refractivity contribution < 1.29 is 4.74 Å². The number of ether oxygens (including phenoxy) is 1. The number of aromatic nitrogens is 2. The fraction of sp³-hybridized carbons (Fsp3) is 0.545. The van der Waals surface area contributed by atoms with Crippen molar-refractivity contribution in [3.63, 3.8) is 0 Å². The second kappa shape index (κ2) is 4.93. The molecule has 2 heterocycles.